The Labute approximate surface area is 112 Å². The van der Waals surface area contributed by atoms with Crippen LogP contribution < -0.4 is 9.80 Å². The van der Waals surface area contributed by atoms with Gasteiger partial charge in [-0.1, -0.05) is 6.58 Å². The molecule has 2 amide bonds. The van der Waals surface area contributed by atoms with Crippen molar-refractivity contribution in [2.45, 2.75) is 19.3 Å². The standard InChI is InChI=1S/C15H16N2O2/c1-2-14(18)17-9-7-11-10-12(5-6-13(11)17)16-8-3-4-15(16)19/h2,5-6,10H,1,3-4,7-9H2. The first-order valence-electron chi connectivity index (χ1n) is 6.58. The third kappa shape index (κ3) is 1.93. The van der Waals surface area contributed by atoms with Crippen molar-refractivity contribution in [3.8, 4) is 0 Å². The molecule has 1 aromatic rings. The molecule has 3 rings (SSSR count). The lowest BCUT2D eigenvalue weighted by Crippen LogP contribution is -2.26. The molecule has 1 aromatic carbocycles. The van der Waals surface area contributed by atoms with Crippen LogP contribution in [-0.2, 0) is 16.0 Å². The van der Waals surface area contributed by atoms with Crippen LogP contribution in [0, 0.1) is 0 Å². The van der Waals surface area contributed by atoms with Crippen LogP contribution in [0.25, 0.3) is 0 Å². The van der Waals surface area contributed by atoms with Gasteiger partial charge in [-0.05, 0) is 42.7 Å². The number of benzene rings is 1. The number of carbonyl (C=O) groups excluding carboxylic acids is 2. The van der Waals surface area contributed by atoms with Gasteiger partial charge in [-0.2, -0.15) is 0 Å². The molecule has 0 aliphatic carbocycles. The van der Waals surface area contributed by atoms with Crippen molar-refractivity contribution in [3.63, 3.8) is 0 Å². The first-order chi connectivity index (χ1) is 9.20. The molecule has 2 aliphatic heterocycles. The number of nitrogens with zero attached hydrogens (tertiary/aromatic N) is 2. The van der Waals surface area contributed by atoms with Crippen molar-refractivity contribution >= 4 is 23.2 Å². The van der Waals surface area contributed by atoms with E-state index in [-0.39, 0.29) is 11.8 Å². The summed E-state index contributed by atoms with van der Waals surface area (Å²) in [4.78, 5) is 27.0. The van der Waals surface area contributed by atoms with E-state index in [1.54, 1.807) is 4.90 Å². The minimum atomic E-state index is -0.0660. The first-order valence-corrected chi connectivity index (χ1v) is 6.58. The predicted octanol–water partition coefficient (Wildman–Crippen LogP) is 1.89. The van der Waals surface area contributed by atoms with Crippen LogP contribution in [0.1, 0.15) is 18.4 Å². The lowest BCUT2D eigenvalue weighted by atomic mass is 10.1. The van der Waals surface area contributed by atoms with E-state index < -0.39 is 0 Å². The second-order valence-corrected chi connectivity index (χ2v) is 4.91. The van der Waals surface area contributed by atoms with Crippen molar-refractivity contribution in [2.75, 3.05) is 22.9 Å². The van der Waals surface area contributed by atoms with Gasteiger partial charge in [0.2, 0.25) is 11.8 Å². The third-order valence-electron chi connectivity index (χ3n) is 3.78. The van der Waals surface area contributed by atoms with Gasteiger partial charge in [0.1, 0.15) is 0 Å². The highest BCUT2D eigenvalue weighted by Crippen LogP contribution is 2.33. The molecule has 19 heavy (non-hydrogen) atoms. The molecule has 98 valence electrons. The summed E-state index contributed by atoms with van der Waals surface area (Å²) in [6, 6.07) is 5.90. The molecule has 0 radical (unpaired) electrons. The zero-order valence-electron chi connectivity index (χ0n) is 10.8. The molecule has 0 bridgehead atoms. The predicted molar refractivity (Wildman–Crippen MR) is 74.3 cm³/mol. The van der Waals surface area contributed by atoms with Crippen LogP contribution in [0.15, 0.2) is 30.9 Å². The van der Waals surface area contributed by atoms with E-state index in [0.29, 0.717) is 13.0 Å². The summed E-state index contributed by atoms with van der Waals surface area (Å²) in [6.07, 6.45) is 3.74. The number of hydrogen-bond acceptors (Lipinski definition) is 2. The quantitative estimate of drug-likeness (QED) is 0.758. The largest absolute Gasteiger partial charge is 0.312 e. The maximum Gasteiger partial charge on any atom is 0.250 e. The van der Waals surface area contributed by atoms with Crippen molar-refractivity contribution in [1.29, 1.82) is 0 Å². The lowest BCUT2D eigenvalue weighted by molar-refractivity contribution is -0.117. The number of hydrogen-bond donors (Lipinski definition) is 0. The molecule has 0 atom stereocenters. The fourth-order valence-corrected chi connectivity index (χ4v) is 2.82. The molecule has 4 nitrogen and oxygen atoms in total. The second-order valence-electron chi connectivity index (χ2n) is 4.91. The fraction of sp³-hybridized carbons (Fsp3) is 0.333. The van der Waals surface area contributed by atoms with Gasteiger partial charge in [0.15, 0.2) is 0 Å². The van der Waals surface area contributed by atoms with E-state index in [2.05, 4.69) is 6.58 Å². The van der Waals surface area contributed by atoms with Crippen LogP contribution in [0.2, 0.25) is 0 Å². The van der Waals surface area contributed by atoms with Crippen LogP contribution in [0.4, 0.5) is 11.4 Å². The highest BCUT2D eigenvalue weighted by Gasteiger charge is 2.26. The zero-order chi connectivity index (χ0) is 13.4. The average Bonchev–Trinajstić information content (AvgIpc) is 3.03. The Balaban J connectivity index is 1.92. The van der Waals surface area contributed by atoms with E-state index in [4.69, 9.17) is 0 Å². The molecular weight excluding hydrogens is 240 g/mol. The molecule has 0 spiro atoms. The number of amides is 2. The smallest absolute Gasteiger partial charge is 0.250 e. The van der Waals surface area contributed by atoms with Crippen LogP contribution in [0.3, 0.4) is 0 Å². The Morgan fingerprint density at radius 1 is 1.26 bits per heavy atom. The number of fused-ring (bicyclic) bond motifs is 1. The Hall–Kier alpha value is -2.10. The maximum absolute atomic E-state index is 11.7. The van der Waals surface area contributed by atoms with E-state index in [1.165, 1.54) is 6.08 Å². The monoisotopic (exact) mass is 256 g/mol. The SMILES string of the molecule is C=CC(=O)N1CCc2cc(N3CCCC3=O)ccc21. The van der Waals surface area contributed by atoms with Gasteiger partial charge in [0.25, 0.3) is 0 Å². The molecule has 0 aromatic heterocycles. The molecule has 1 fully saturated rings. The third-order valence-corrected chi connectivity index (χ3v) is 3.78. The van der Waals surface area contributed by atoms with Crippen LogP contribution in [0.5, 0.6) is 0 Å². The lowest BCUT2D eigenvalue weighted by Gasteiger charge is -2.18. The summed E-state index contributed by atoms with van der Waals surface area (Å²) >= 11 is 0. The number of rotatable bonds is 2. The molecule has 2 aliphatic rings. The zero-order valence-corrected chi connectivity index (χ0v) is 10.8. The minimum absolute atomic E-state index is 0.0660. The highest BCUT2D eigenvalue weighted by molar-refractivity contribution is 6.03. The Kier molecular flexibility index (Phi) is 2.85. The Morgan fingerprint density at radius 2 is 2.11 bits per heavy atom. The first kappa shape index (κ1) is 12.0. The Morgan fingerprint density at radius 3 is 2.79 bits per heavy atom. The van der Waals surface area contributed by atoms with Gasteiger partial charge >= 0.3 is 0 Å². The van der Waals surface area contributed by atoms with Crippen molar-refractivity contribution < 1.29 is 9.59 Å². The summed E-state index contributed by atoms with van der Waals surface area (Å²) in [5, 5.41) is 0. The summed E-state index contributed by atoms with van der Waals surface area (Å²) in [7, 11) is 0. The van der Waals surface area contributed by atoms with Crippen molar-refractivity contribution in [1.82, 2.24) is 0 Å². The van der Waals surface area contributed by atoms with Gasteiger partial charge < -0.3 is 9.80 Å². The van der Waals surface area contributed by atoms with E-state index in [1.807, 2.05) is 23.1 Å². The minimum Gasteiger partial charge on any atom is -0.312 e. The van der Waals surface area contributed by atoms with Gasteiger partial charge in [0.05, 0.1) is 0 Å². The topological polar surface area (TPSA) is 40.6 Å². The summed E-state index contributed by atoms with van der Waals surface area (Å²) in [6.45, 7) is 5.02. The molecular formula is C15H16N2O2. The van der Waals surface area contributed by atoms with Crippen molar-refractivity contribution in [3.05, 3.63) is 36.4 Å². The highest BCUT2D eigenvalue weighted by atomic mass is 16.2. The van der Waals surface area contributed by atoms with E-state index in [9.17, 15) is 9.59 Å². The van der Waals surface area contributed by atoms with Gasteiger partial charge in [-0.25, -0.2) is 0 Å². The molecule has 0 unspecified atom stereocenters. The second kappa shape index (κ2) is 4.53. The van der Waals surface area contributed by atoms with Crippen molar-refractivity contribution in [2.24, 2.45) is 0 Å². The van der Waals surface area contributed by atoms with Gasteiger partial charge in [-0.15, -0.1) is 0 Å². The van der Waals surface area contributed by atoms with Crippen LogP contribution in [-0.4, -0.2) is 24.9 Å². The van der Waals surface area contributed by atoms with Gasteiger partial charge in [-0.3, -0.25) is 9.59 Å². The molecule has 0 N–H and O–H groups in total. The average molecular weight is 256 g/mol. The van der Waals surface area contributed by atoms with E-state index >= 15 is 0 Å². The summed E-state index contributed by atoms with van der Waals surface area (Å²) < 4.78 is 0. The molecule has 2 heterocycles. The fourth-order valence-electron chi connectivity index (χ4n) is 2.82. The number of carbonyl (C=O) groups is 2. The maximum atomic E-state index is 11.7. The number of anilines is 2. The molecule has 4 heteroatoms. The normalized spacial score (nSPS) is 17.8. The van der Waals surface area contributed by atoms with Crippen LogP contribution >= 0.6 is 0 Å². The Bertz CT molecular complexity index is 565. The molecule has 0 saturated carbocycles. The summed E-state index contributed by atoms with van der Waals surface area (Å²) in [5.41, 5.74) is 3.03. The molecule has 1 saturated heterocycles. The summed E-state index contributed by atoms with van der Waals surface area (Å²) in [5.74, 6) is 0.126. The van der Waals surface area contributed by atoms with E-state index in [0.717, 1.165) is 36.3 Å². The van der Waals surface area contributed by atoms with Gasteiger partial charge in [0, 0.05) is 30.9 Å².